The smallest absolute Gasteiger partial charge is 0.194 e. The minimum Gasteiger partial charge on any atom is -0.204 e. The molecule has 0 aromatic heterocycles. The van der Waals surface area contributed by atoms with Gasteiger partial charge in [-0.25, -0.2) is 13.2 Å². The second kappa shape index (κ2) is 9.34. The predicted molar refractivity (Wildman–Crippen MR) is 88.8 cm³/mol. The van der Waals surface area contributed by atoms with E-state index >= 15 is 0 Å². The van der Waals surface area contributed by atoms with Crippen LogP contribution in [0.4, 0.5) is 13.2 Å². The summed E-state index contributed by atoms with van der Waals surface area (Å²) in [6.45, 7) is 2.24. The Balaban J connectivity index is 1.68. The highest BCUT2D eigenvalue weighted by Gasteiger charge is 2.21. The van der Waals surface area contributed by atoms with Crippen molar-refractivity contribution in [3.63, 3.8) is 0 Å². The molecule has 0 bridgehead atoms. The van der Waals surface area contributed by atoms with E-state index in [4.69, 9.17) is 0 Å². The fraction of sp³-hybridized carbons (Fsp3) is 0.700. The lowest BCUT2D eigenvalue weighted by Gasteiger charge is -2.28. The van der Waals surface area contributed by atoms with E-state index in [1.54, 1.807) is 0 Å². The summed E-state index contributed by atoms with van der Waals surface area (Å²) in [5.41, 5.74) is 0.572. The third-order valence-corrected chi connectivity index (χ3v) is 5.32. The maximum absolute atomic E-state index is 13.2. The van der Waals surface area contributed by atoms with Crippen LogP contribution in [0.25, 0.3) is 0 Å². The van der Waals surface area contributed by atoms with E-state index in [9.17, 15) is 13.2 Å². The van der Waals surface area contributed by atoms with Crippen LogP contribution < -0.4 is 0 Å². The Hall–Kier alpha value is -0.990. The molecule has 0 atom stereocenters. The van der Waals surface area contributed by atoms with E-state index < -0.39 is 17.5 Å². The van der Waals surface area contributed by atoms with Gasteiger partial charge in [0.05, 0.1) is 0 Å². The molecular formula is C20H29F3. The Labute approximate surface area is 138 Å². The SMILES string of the molecule is CCCCCCC1CCC(CCc2cc(F)c(F)c(F)c2)CC1. The number of hydrogen-bond donors (Lipinski definition) is 0. The van der Waals surface area contributed by atoms with Crippen molar-refractivity contribution < 1.29 is 13.2 Å². The lowest BCUT2D eigenvalue weighted by Crippen LogP contribution is -2.15. The van der Waals surface area contributed by atoms with E-state index in [-0.39, 0.29) is 0 Å². The van der Waals surface area contributed by atoms with Gasteiger partial charge in [-0.3, -0.25) is 0 Å². The van der Waals surface area contributed by atoms with E-state index in [1.165, 1.54) is 57.8 Å². The van der Waals surface area contributed by atoms with Gasteiger partial charge in [-0.05, 0) is 42.4 Å². The van der Waals surface area contributed by atoms with Gasteiger partial charge in [0.2, 0.25) is 0 Å². The molecule has 0 radical (unpaired) electrons. The van der Waals surface area contributed by atoms with Crippen LogP contribution in [0.15, 0.2) is 12.1 Å². The van der Waals surface area contributed by atoms with Crippen molar-refractivity contribution in [2.45, 2.75) is 77.6 Å². The molecule has 1 saturated carbocycles. The number of aryl methyl sites for hydroxylation is 1. The molecule has 1 fully saturated rings. The van der Waals surface area contributed by atoms with E-state index in [0.29, 0.717) is 17.9 Å². The first-order chi connectivity index (χ1) is 11.1. The summed E-state index contributed by atoms with van der Waals surface area (Å²) in [6, 6.07) is 2.27. The largest absolute Gasteiger partial charge is 0.204 e. The van der Waals surface area contributed by atoms with Crippen LogP contribution in [0, 0.1) is 29.3 Å². The molecule has 1 aliphatic rings. The van der Waals surface area contributed by atoms with Gasteiger partial charge >= 0.3 is 0 Å². The van der Waals surface area contributed by atoms with Crippen molar-refractivity contribution in [1.82, 2.24) is 0 Å². The van der Waals surface area contributed by atoms with Gasteiger partial charge in [0.25, 0.3) is 0 Å². The van der Waals surface area contributed by atoms with Crippen LogP contribution in [0.5, 0.6) is 0 Å². The molecule has 130 valence electrons. The second-order valence-electron chi connectivity index (χ2n) is 7.15. The Morgan fingerprint density at radius 1 is 0.826 bits per heavy atom. The molecule has 0 unspecified atom stereocenters. The summed E-state index contributed by atoms with van der Waals surface area (Å²) < 4.78 is 39.4. The van der Waals surface area contributed by atoms with Crippen LogP contribution in [0.2, 0.25) is 0 Å². The Morgan fingerprint density at radius 2 is 1.39 bits per heavy atom. The van der Waals surface area contributed by atoms with Crippen molar-refractivity contribution in [3.8, 4) is 0 Å². The number of unbranched alkanes of at least 4 members (excludes halogenated alkanes) is 3. The average molecular weight is 326 g/mol. The number of hydrogen-bond acceptors (Lipinski definition) is 0. The molecule has 2 rings (SSSR count). The molecule has 0 nitrogen and oxygen atoms in total. The van der Waals surface area contributed by atoms with Crippen LogP contribution in [0.1, 0.15) is 76.7 Å². The summed E-state index contributed by atoms with van der Waals surface area (Å²) in [6.07, 6.45) is 13.3. The lowest BCUT2D eigenvalue weighted by atomic mass is 9.78. The standard InChI is InChI=1S/C20H29F3/c1-2-3-4-5-6-15-7-9-16(10-8-15)11-12-17-13-18(21)20(23)19(22)14-17/h13-16H,2-12H2,1H3. The third kappa shape index (κ3) is 5.86. The zero-order valence-electron chi connectivity index (χ0n) is 14.2. The number of halogens is 3. The van der Waals surface area contributed by atoms with Crippen LogP contribution in [-0.4, -0.2) is 0 Å². The summed E-state index contributed by atoms with van der Waals surface area (Å²) in [7, 11) is 0. The molecule has 0 aliphatic heterocycles. The maximum atomic E-state index is 13.2. The summed E-state index contributed by atoms with van der Waals surface area (Å²) in [5.74, 6) is -1.98. The Morgan fingerprint density at radius 3 is 1.96 bits per heavy atom. The summed E-state index contributed by atoms with van der Waals surface area (Å²) >= 11 is 0. The summed E-state index contributed by atoms with van der Waals surface area (Å²) in [4.78, 5) is 0. The molecule has 0 spiro atoms. The average Bonchev–Trinajstić information content (AvgIpc) is 2.55. The van der Waals surface area contributed by atoms with Gasteiger partial charge in [-0.1, -0.05) is 64.7 Å². The topological polar surface area (TPSA) is 0 Å². The van der Waals surface area contributed by atoms with Gasteiger partial charge in [0, 0.05) is 0 Å². The van der Waals surface area contributed by atoms with Crippen LogP contribution >= 0.6 is 0 Å². The first-order valence-electron chi connectivity index (χ1n) is 9.23. The van der Waals surface area contributed by atoms with Crippen molar-refractivity contribution in [2.24, 2.45) is 11.8 Å². The molecule has 0 amide bonds. The highest BCUT2D eigenvalue weighted by atomic mass is 19.2. The quantitative estimate of drug-likeness (QED) is 0.363. The van der Waals surface area contributed by atoms with Gasteiger partial charge in [-0.15, -0.1) is 0 Å². The second-order valence-corrected chi connectivity index (χ2v) is 7.15. The van der Waals surface area contributed by atoms with Crippen molar-refractivity contribution >= 4 is 0 Å². The fourth-order valence-electron chi connectivity index (χ4n) is 3.79. The molecule has 0 N–H and O–H groups in total. The molecular weight excluding hydrogens is 297 g/mol. The van der Waals surface area contributed by atoms with E-state index in [2.05, 4.69) is 6.92 Å². The lowest BCUT2D eigenvalue weighted by molar-refractivity contribution is 0.248. The minimum atomic E-state index is -1.36. The van der Waals surface area contributed by atoms with E-state index in [1.807, 2.05) is 0 Å². The highest BCUT2D eigenvalue weighted by molar-refractivity contribution is 5.19. The molecule has 1 aliphatic carbocycles. The number of benzene rings is 1. The Bertz CT molecular complexity index is 453. The molecule has 1 aromatic carbocycles. The zero-order chi connectivity index (χ0) is 16.7. The predicted octanol–water partition coefficient (Wildman–Crippen LogP) is 6.81. The monoisotopic (exact) mass is 326 g/mol. The van der Waals surface area contributed by atoms with Gasteiger partial charge < -0.3 is 0 Å². The molecule has 0 heterocycles. The molecule has 3 heteroatoms. The van der Waals surface area contributed by atoms with Gasteiger partial charge in [0.1, 0.15) is 0 Å². The first-order valence-corrected chi connectivity index (χ1v) is 9.23. The van der Waals surface area contributed by atoms with Gasteiger partial charge in [0.15, 0.2) is 17.5 Å². The molecule has 23 heavy (non-hydrogen) atoms. The fourth-order valence-corrected chi connectivity index (χ4v) is 3.79. The molecule has 1 aromatic rings. The van der Waals surface area contributed by atoms with Crippen molar-refractivity contribution in [2.75, 3.05) is 0 Å². The highest BCUT2D eigenvalue weighted by Crippen LogP contribution is 2.34. The third-order valence-electron chi connectivity index (χ3n) is 5.32. The number of rotatable bonds is 8. The van der Waals surface area contributed by atoms with Gasteiger partial charge in [-0.2, -0.15) is 0 Å². The molecule has 0 saturated heterocycles. The van der Waals surface area contributed by atoms with Crippen molar-refractivity contribution in [3.05, 3.63) is 35.1 Å². The normalized spacial score (nSPS) is 21.6. The maximum Gasteiger partial charge on any atom is 0.194 e. The van der Waals surface area contributed by atoms with Crippen LogP contribution in [-0.2, 0) is 6.42 Å². The van der Waals surface area contributed by atoms with Crippen LogP contribution in [0.3, 0.4) is 0 Å². The summed E-state index contributed by atoms with van der Waals surface area (Å²) in [5, 5.41) is 0. The zero-order valence-corrected chi connectivity index (χ0v) is 14.2. The van der Waals surface area contributed by atoms with Crippen molar-refractivity contribution in [1.29, 1.82) is 0 Å². The van der Waals surface area contributed by atoms with E-state index in [0.717, 1.165) is 24.5 Å². The minimum absolute atomic E-state index is 0.572. The Kier molecular flexibility index (Phi) is 7.45. The first kappa shape index (κ1) is 18.4.